The first-order valence-electron chi connectivity index (χ1n) is 3.96. The monoisotopic (exact) mass is 162 g/mol. The minimum atomic E-state index is 0.626. The second kappa shape index (κ2) is 3.26. The molecule has 0 bridgehead atoms. The fourth-order valence-corrected chi connectivity index (χ4v) is 1.04. The summed E-state index contributed by atoms with van der Waals surface area (Å²) in [7, 11) is 0. The maximum absolute atomic E-state index is 5.41. The van der Waals surface area contributed by atoms with Gasteiger partial charge in [-0.05, 0) is 12.1 Å². The van der Waals surface area contributed by atoms with Gasteiger partial charge >= 0.3 is 0 Å². The summed E-state index contributed by atoms with van der Waals surface area (Å²) < 4.78 is 5.41. The molecule has 0 amide bonds. The van der Waals surface area contributed by atoms with Gasteiger partial charge in [0.25, 0.3) is 6.02 Å². The van der Waals surface area contributed by atoms with Crippen LogP contribution >= 0.6 is 0 Å². The summed E-state index contributed by atoms with van der Waals surface area (Å²) in [5, 5.41) is 3.03. The van der Waals surface area contributed by atoms with Gasteiger partial charge < -0.3 is 10.1 Å². The second-order valence-electron chi connectivity index (χ2n) is 2.53. The van der Waals surface area contributed by atoms with Crippen molar-refractivity contribution < 1.29 is 4.74 Å². The predicted molar refractivity (Wildman–Crippen MR) is 47.4 cm³/mol. The van der Waals surface area contributed by atoms with Crippen molar-refractivity contribution in [1.82, 2.24) is 5.32 Å². The molecule has 1 N–H and O–H groups in total. The third kappa shape index (κ3) is 1.56. The van der Waals surface area contributed by atoms with E-state index in [1.54, 1.807) is 0 Å². The number of hydrogen-bond acceptors (Lipinski definition) is 3. The van der Waals surface area contributed by atoms with Gasteiger partial charge in [-0.1, -0.05) is 18.2 Å². The summed E-state index contributed by atoms with van der Waals surface area (Å²) in [6.07, 6.45) is 0. The molecule has 1 aromatic carbocycles. The standard InChI is InChI=1S/C9H10N2O/c1-2-4-8(5-3-1)12-9-10-6-7-11-9/h1-5H,6-7H2,(H,10,11). The molecular weight excluding hydrogens is 152 g/mol. The molecule has 0 unspecified atom stereocenters. The van der Waals surface area contributed by atoms with E-state index in [0.717, 1.165) is 18.8 Å². The SMILES string of the molecule is c1ccc(OC2=NCCN2)cc1. The molecule has 12 heavy (non-hydrogen) atoms. The molecule has 3 nitrogen and oxygen atoms in total. The molecule has 0 fully saturated rings. The van der Waals surface area contributed by atoms with Crippen LogP contribution in [0.5, 0.6) is 5.75 Å². The number of rotatable bonds is 1. The Bertz CT molecular complexity index is 282. The van der Waals surface area contributed by atoms with Crippen molar-refractivity contribution >= 4 is 6.02 Å². The Morgan fingerprint density at radius 2 is 2.08 bits per heavy atom. The van der Waals surface area contributed by atoms with E-state index in [4.69, 9.17) is 4.74 Å². The Balaban J connectivity index is 2.04. The lowest BCUT2D eigenvalue weighted by Gasteiger charge is -2.03. The number of nitrogens with zero attached hydrogens (tertiary/aromatic N) is 1. The summed E-state index contributed by atoms with van der Waals surface area (Å²) in [5.41, 5.74) is 0. The summed E-state index contributed by atoms with van der Waals surface area (Å²) >= 11 is 0. The molecule has 0 spiro atoms. The molecule has 0 saturated heterocycles. The highest BCUT2D eigenvalue weighted by atomic mass is 16.5. The van der Waals surface area contributed by atoms with Crippen molar-refractivity contribution in [3.8, 4) is 5.75 Å². The van der Waals surface area contributed by atoms with Crippen molar-refractivity contribution in [2.75, 3.05) is 13.1 Å². The molecular formula is C9H10N2O. The molecule has 0 saturated carbocycles. The Morgan fingerprint density at radius 3 is 2.75 bits per heavy atom. The van der Waals surface area contributed by atoms with Crippen LogP contribution in [0, 0.1) is 0 Å². The van der Waals surface area contributed by atoms with Crippen molar-refractivity contribution in [2.45, 2.75) is 0 Å². The molecule has 1 aromatic rings. The summed E-state index contributed by atoms with van der Waals surface area (Å²) in [6, 6.07) is 10.3. The lowest BCUT2D eigenvalue weighted by atomic mass is 10.3. The van der Waals surface area contributed by atoms with E-state index < -0.39 is 0 Å². The molecule has 1 aliphatic rings. The van der Waals surface area contributed by atoms with Gasteiger partial charge in [0.15, 0.2) is 0 Å². The molecule has 0 aliphatic carbocycles. The molecule has 1 heterocycles. The van der Waals surface area contributed by atoms with Gasteiger partial charge in [-0.3, -0.25) is 0 Å². The average molecular weight is 162 g/mol. The highest BCUT2D eigenvalue weighted by Crippen LogP contribution is 2.08. The minimum absolute atomic E-state index is 0.626. The van der Waals surface area contributed by atoms with E-state index in [0.29, 0.717) is 6.02 Å². The van der Waals surface area contributed by atoms with Gasteiger partial charge in [-0.25, -0.2) is 4.99 Å². The van der Waals surface area contributed by atoms with Crippen molar-refractivity contribution in [2.24, 2.45) is 4.99 Å². The van der Waals surface area contributed by atoms with Gasteiger partial charge in [0.1, 0.15) is 5.75 Å². The van der Waals surface area contributed by atoms with Crippen LogP contribution in [0.2, 0.25) is 0 Å². The first-order valence-corrected chi connectivity index (χ1v) is 3.96. The van der Waals surface area contributed by atoms with Crippen LogP contribution in [-0.2, 0) is 0 Å². The van der Waals surface area contributed by atoms with E-state index in [1.165, 1.54) is 0 Å². The number of hydrogen-bond donors (Lipinski definition) is 1. The number of amidine groups is 1. The van der Waals surface area contributed by atoms with E-state index in [9.17, 15) is 0 Å². The maximum Gasteiger partial charge on any atom is 0.290 e. The van der Waals surface area contributed by atoms with Crippen LogP contribution in [0.1, 0.15) is 0 Å². The molecule has 62 valence electrons. The third-order valence-electron chi connectivity index (χ3n) is 1.60. The summed E-state index contributed by atoms with van der Waals surface area (Å²) in [4.78, 5) is 4.11. The highest BCUT2D eigenvalue weighted by molar-refractivity contribution is 5.77. The summed E-state index contributed by atoms with van der Waals surface area (Å²) in [6.45, 7) is 1.68. The van der Waals surface area contributed by atoms with Crippen molar-refractivity contribution in [3.63, 3.8) is 0 Å². The van der Waals surface area contributed by atoms with Crippen LogP contribution < -0.4 is 10.1 Å². The normalized spacial score (nSPS) is 15.2. The maximum atomic E-state index is 5.41. The first-order chi connectivity index (χ1) is 5.95. The Labute approximate surface area is 71.1 Å². The van der Waals surface area contributed by atoms with Gasteiger partial charge in [0.2, 0.25) is 0 Å². The zero-order valence-corrected chi connectivity index (χ0v) is 6.66. The number of benzene rings is 1. The number of para-hydroxylation sites is 1. The lowest BCUT2D eigenvalue weighted by molar-refractivity contribution is 0.529. The highest BCUT2D eigenvalue weighted by Gasteiger charge is 2.05. The second-order valence-corrected chi connectivity index (χ2v) is 2.53. The molecule has 0 atom stereocenters. The molecule has 0 aromatic heterocycles. The smallest absolute Gasteiger partial charge is 0.290 e. The van der Waals surface area contributed by atoms with E-state index in [-0.39, 0.29) is 0 Å². The fraction of sp³-hybridized carbons (Fsp3) is 0.222. The van der Waals surface area contributed by atoms with Crippen LogP contribution in [0.4, 0.5) is 0 Å². The molecule has 1 aliphatic heterocycles. The number of nitrogens with one attached hydrogen (secondary N) is 1. The largest absolute Gasteiger partial charge is 0.426 e. The zero-order valence-electron chi connectivity index (χ0n) is 6.66. The van der Waals surface area contributed by atoms with Gasteiger partial charge in [0.05, 0.1) is 6.54 Å². The van der Waals surface area contributed by atoms with Gasteiger partial charge in [0, 0.05) is 6.54 Å². The van der Waals surface area contributed by atoms with Crippen molar-refractivity contribution in [3.05, 3.63) is 30.3 Å². The minimum Gasteiger partial charge on any atom is -0.426 e. The summed E-state index contributed by atoms with van der Waals surface area (Å²) in [5.74, 6) is 0.825. The van der Waals surface area contributed by atoms with Crippen LogP contribution in [0.3, 0.4) is 0 Å². The fourth-order valence-electron chi connectivity index (χ4n) is 1.04. The Kier molecular flexibility index (Phi) is 1.94. The average Bonchev–Trinajstić information content (AvgIpc) is 2.59. The van der Waals surface area contributed by atoms with Gasteiger partial charge in [-0.15, -0.1) is 0 Å². The topological polar surface area (TPSA) is 33.6 Å². The van der Waals surface area contributed by atoms with Crippen LogP contribution in [0.25, 0.3) is 0 Å². The van der Waals surface area contributed by atoms with Crippen molar-refractivity contribution in [1.29, 1.82) is 0 Å². The van der Waals surface area contributed by atoms with E-state index in [2.05, 4.69) is 10.3 Å². The number of ether oxygens (including phenoxy) is 1. The Morgan fingerprint density at radius 1 is 1.25 bits per heavy atom. The molecule has 3 heteroatoms. The molecule has 0 radical (unpaired) electrons. The number of aliphatic imine (C=N–C) groups is 1. The predicted octanol–water partition coefficient (Wildman–Crippen LogP) is 1.02. The third-order valence-corrected chi connectivity index (χ3v) is 1.60. The Hall–Kier alpha value is -1.51. The molecule has 2 rings (SSSR count). The first kappa shape index (κ1) is 7.16. The zero-order chi connectivity index (χ0) is 8.23. The van der Waals surface area contributed by atoms with Gasteiger partial charge in [-0.2, -0.15) is 0 Å². The quantitative estimate of drug-likeness (QED) is 0.669. The lowest BCUT2D eigenvalue weighted by Crippen LogP contribution is -2.23. The van der Waals surface area contributed by atoms with Crippen LogP contribution in [0.15, 0.2) is 35.3 Å². The van der Waals surface area contributed by atoms with E-state index >= 15 is 0 Å². The van der Waals surface area contributed by atoms with Crippen LogP contribution in [-0.4, -0.2) is 19.1 Å². The van der Waals surface area contributed by atoms with E-state index in [1.807, 2.05) is 30.3 Å².